The van der Waals surface area contributed by atoms with Gasteiger partial charge in [-0.2, -0.15) is 0 Å². The van der Waals surface area contributed by atoms with E-state index in [4.69, 9.17) is 0 Å². The Kier molecular flexibility index (Phi) is 5.52. The minimum absolute atomic E-state index is 0.0313. The predicted octanol–water partition coefficient (Wildman–Crippen LogP) is 2.69. The van der Waals surface area contributed by atoms with Crippen LogP contribution < -0.4 is 4.74 Å². The number of hydrogen-bond donors (Lipinski definition) is 0. The molecule has 0 N–H and O–H groups in total. The van der Waals surface area contributed by atoms with Crippen molar-refractivity contribution >= 4 is 17.5 Å². The lowest BCUT2D eigenvalue weighted by Crippen LogP contribution is -2.13. The second kappa shape index (κ2) is 7.12. The molecular formula is C11H11FN2O7. The Morgan fingerprint density at radius 2 is 1.95 bits per heavy atom. The number of alkyl halides is 1. The van der Waals surface area contributed by atoms with E-state index in [9.17, 15) is 29.4 Å². The zero-order valence-corrected chi connectivity index (χ0v) is 10.9. The smallest absolute Gasteiger partial charge is 0.434 e. The first kappa shape index (κ1) is 16.3. The van der Waals surface area contributed by atoms with Gasteiger partial charge in [0.1, 0.15) is 5.56 Å². The van der Waals surface area contributed by atoms with Crippen molar-refractivity contribution < 1.29 is 28.5 Å². The van der Waals surface area contributed by atoms with E-state index in [1.807, 2.05) is 0 Å². The molecule has 0 aromatic heterocycles. The van der Waals surface area contributed by atoms with Crippen molar-refractivity contribution in [2.75, 3.05) is 13.3 Å². The summed E-state index contributed by atoms with van der Waals surface area (Å²) in [6, 6.07) is 1.91. The van der Waals surface area contributed by atoms with Gasteiger partial charge in [0.25, 0.3) is 5.69 Å². The Bertz CT molecular complexity index is 576. The van der Waals surface area contributed by atoms with Crippen LogP contribution in [-0.4, -0.2) is 29.3 Å². The summed E-state index contributed by atoms with van der Waals surface area (Å²) in [6.07, 6.45) is -1.28. The molecule has 1 aromatic rings. The minimum Gasteiger partial charge on any atom is -0.434 e. The van der Waals surface area contributed by atoms with Gasteiger partial charge in [0.2, 0.25) is 5.75 Å². The van der Waals surface area contributed by atoms with Crippen LogP contribution in [0.25, 0.3) is 0 Å². The molecule has 0 saturated carbocycles. The molecule has 21 heavy (non-hydrogen) atoms. The SMILES string of the molecule is Cc1c([N+](=O)[O-])ccc(OC(=O)OCCCF)c1[N+](=O)[O-]. The summed E-state index contributed by atoms with van der Waals surface area (Å²) in [6.45, 7) is 0.233. The number of benzene rings is 1. The van der Waals surface area contributed by atoms with Gasteiger partial charge in [0, 0.05) is 12.5 Å². The molecule has 0 saturated heterocycles. The van der Waals surface area contributed by atoms with Gasteiger partial charge in [0.15, 0.2) is 0 Å². The van der Waals surface area contributed by atoms with E-state index in [0.717, 1.165) is 19.1 Å². The van der Waals surface area contributed by atoms with E-state index in [2.05, 4.69) is 9.47 Å². The minimum atomic E-state index is -1.25. The third-order valence-electron chi connectivity index (χ3n) is 2.44. The van der Waals surface area contributed by atoms with Crippen molar-refractivity contribution in [1.82, 2.24) is 0 Å². The van der Waals surface area contributed by atoms with Crippen molar-refractivity contribution in [3.63, 3.8) is 0 Å². The quantitative estimate of drug-likeness (QED) is 0.260. The predicted molar refractivity (Wildman–Crippen MR) is 67.1 cm³/mol. The van der Waals surface area contributed by atoms with Gasteiger partial charge in [-0.1, -0.05) is 0 Å². The van der Waals surface area contributed by atoms with E-state index in [-0.39, 0.29) is 18.6 Å². The molecule has 0 aliphatic heterocycles. The maximum atomic E-state index is 11.8. The van der Waals surface area contributed by atoms with Crippen LogP contribution in [-0.2, 0) is 4.74 Å². The van der Waals surface area contributed by atoms with Crippen LogP contribution >= 0.6 is 0 Å². The van der Waals surface area contributed by atoms with E-state index in [0.29, 0.717) is 0 Å². The van der Waals surface area contributed by atoms with Gasteiger partial charge in [-0.05, 0) is 13.0 Å². The molecule has 1 aromatic carbocycles. The molecule has 0 bridgehead atoms. The van der Waals surface area contributed by atoms with Crippen LogP contribution in [0, 0.1) is 27.2 Å². The Balaban J connectivity index is 3.02. The topological polar surface area (TPSA) is 122 Å². The number of carbonyl (C=O) groups is 1. The summed E-state index contributed by atoms with van der Waals surface area (Å²) in [7, 11) is 0. The summed E-state index contributed by atoms with van der Waals surface area (Å²) in [5.41, 5.74) is -1.43. The molecule has 0 fully saturated rings. The lowest BCUT2D eigenvalue weighted by molar-refractivity contribution is -0.395. The number of nitro groups is 2. The first-order chi connectivity index (χ1) is 9.88. The van der Waals surface area contributed by atoms with Crippen molar-refractivity contribution in [3.05, 3.63) is 37.9 Å². The normalized spacial score (nSPS) is 10.0. The molecule has 10 heteroatoms. The zero-order chi connectivity index (χ0) is 16.0. The molecule has 0 aliphatic rings. The van der Waals surface area contributed by atoms with Crippen LogP contribution in [0.2, 0.25) is 0 Å². The second-order valence-corrected chi connectivity index (χ2v) is 3.81. The lowest BCUT2D eigenvalue weighted by atomic mass is 10.1. The number of nitrogens with zero attached hydrogens (tertiary/aromatic N) is 2. The first-order valence-electron chi connectivity index (χ1n) is 5.71. The van der Waals surface area contributed by atoms with Crippen molar-refractivity contribution in [1.29, 1.82) is 0 Å². The average molecular weight is 302 g/mol. The maximum Gasteiger partial charge on any atom is 0.514 e. The van der Waals surface area contributed by atoms with E-state index < -0.39 is 39.8 Å². The van der Waals surface area contributed by atoms with Crippen LogP contribution in [0.1, 0.15) is 12.0 Å². The van der Waals surface area contributed by atoms with Gasteiger partial charge in [-0.15, -0.1) is 0 Å². The highest BCUT2D eigenvalue weighted by Gasteiger charge is 2.28. The number of rotatable bonds is 6. The highest BCUT2D eigenvalue weighted by atomic mass is 19.1. The molecule has 0 heterocycles. The fourth-order valence-electron chi connectivity index (χ4n) is 1.50. The lowest BCUT2D eigenvalue weighted by Gasteiger charge is -2.07. The van der Waals surface area contributed by atoms with Crippen molar-refractivity contribution in [2.24, 2.45) is 0 Å². The van der Waals surface area contributed by atoms with Crippen LogP contribution in [0.5, 0.6) is 5.75 Å². The van der Waals surface area contributed by atoms with E-state index >= 15 is 0 Å². The second-order valence-electron chi connectivity index (χ2n) is 3.81. The Morgan fingerprint density at radius 3 is 2.48 bits per heavy atom. The number of halogens is 1. The Hall–Kier alpha value is -2.78. The van der Waals surface area contributed by atoms with E-state index in [1.54, 1.807) is 0 Å². The summed E-state index contributed by atoms with van der Waals surface area (Å²) in [4.78, 5) is 31.3. The maximum absolute atomic E-state index is 11.8. The summed E-state index contributed by atoms with van der Waals surface area (Å²) >= 11 is 0. The van der Waals surface area contributed by atoms with Crippen LogP contribution in [0.3, 0.4) is 0 Å². The van der Waals surface area contributed by atoms with Gasteiger partial charge in [0.05, 0.1) is 23.1 Å². The molecule has 0 amide bonds. The Labute approximate surface area is 117 Å². The van der Waals surface area contributed by atoms with Gasteiger partial charge in [-0.3, -0.25) is 24.6 Å². The van der Waals surface area contributed by atoms with Crippen molar-refractivity contribution in [2.45, 2.75) is 13.3 Å². The fourth-order valence-corrected chi connectivity index (χ4v) is 1.50. The number of ether oxygens (including phenoxy) is 2. The molecule has 0 unspecified atom stereocenters. The first-order valence-corrected chi connectivity index (χ1v) is 5.71. The number of carbonyl (C=O) groups excluding carboxylic acids is 1. The standard InChI is InChI=1S/C11H11FN2O7/c1-7-8(13(16)17)3-4-9(10(7)14(18)19)21-11(15)20-6-2-5-12/h3-4H,2,5-6H2,1H3. The zero-order valence-electron chi connectivity index (χ0n) is 10.9. The third kappa shape index (κ3) is 4.09. The largest absolute Gasteiger partial charge is 0.514 e. The molecule has 114 valence electrons. The molecule has 0 aliphatic carbocycles. The molecule has 9 nitrogen and oxygen atoms in total. The highest BCUT2D eigenvalue weighted by Crippen LogP contribution is 2.36. The molecular weight excluding hydrogens is 291 g/mol. The van der Waals surface area contributed by atoms with Crippen LogP contribution in [0.4, 0.5) is 20.6 Å². The van der Waals surface area contributed by atoms with Crippen LogP contribution in [0.15, 0.2) is 12.1 Å². The van der Waals surface area contributed by atoms with Gasteiger partial charge < -0.3 is 9.47 Å². The van der Waals surface area contributed by atoms with Gasteiger partial charge >= 0.3 is 11.8 Å². The summed E-state index contributed by atoms with van der Waals surface area (Å²) < 4.78 is 20.9. The highest BCUT2D eigenvalue weighted by molar-refractivity contribution is 5.69. The number of nitro benzene ring substituents is 2. The summed E-state index contributed by atoms with van der Waals surface area (Å²) in [5.74, 6) is -0.478. The third-order valence-corrected chi connectivity index (χ3v) is 2.44. The Morgan fingerprint density at radius 1 is 1.29 bits per heavy atom. The van der Waals surface area contributed by atoms with E-state index in [1.165, 1.54) is 0 Å². The van der Waals surface area contributed by atoms with Crippen molar-refractivity contribution in [3.8, 4) is 5.75 Å². The molecule has 0 atom stereocenters. The summed E-state index contributed by atoms with van der Waals surface area (Å²) in [5, 5.41) is 21.7. The molecule has 0 radical (unpaired) electrons. The average Bonchev–Trinajstić information content (AvgIpc) is 2.38. The molecule has 1 rings (SSSR count). The molecule has 0 spiro atoms. The monoisotopic (exact) mass is 302 g/mol. The number of hydrogen-bond acceptors (Lipinski definition) is 7. The fraction of sp³-hybridized carbons (Fsp3) is 0.364. The van der Waals surface area contributed by atoms with Gasteiger partial charge in [-0.25, -0.2) is 4.79 Å².